The van der Waals surface area contributed by atoms with Crippen molar-refractivity contribution < 1.29 is 4.79 Å². The number of benzene rings is 2. The van der Waals surface area contributed by atoms with E-state index in [9.17, 15) is 4.79 Å². The Kier molecular flexibility index (Phi) is 5.15. The number of rotatable bonds is 5. The zero-order valence-electron chi connectivity index (χ0n) is 16.4. The molecule has 1 N–H and O–H groups in total. The molecule has 0 bridgehead atoms. The third-order valence-electron chi connectivity index (χ3n) is 5.30. The van der Waals surface area contributed by atoms with E-state index in [1.54, 1.807) is 0 Å². The average molecular weight is 374 g/mol. The lowest BCUT2D eigenvalue weighted by atomic mass is 9.98. The molecule has 5 heteroatoms. The molecule has 2 aromatic carbocycles. The van der Waals surface area contributed by atoms with Gasteiger partial charge in [0.2, 0.25) is 5.91 Å². The fourth-order valence-corrected chi connectivity index (χ4v) is 3.84. The van der Waals surface area contributed by atoms with E-state index in [2.05, 4.69) is 44.0 Å². The van der Waals surface area contributed by atoms with Gasteiger partial charge < -0.3 is 14.8 Å². The monoisotopic (exact) mass is 374 g/mol. The molecule has 0 saturated carbocycles. The van der Waals surface area contributed by atoms with Crippen LogP contribution in [0, 0.1) is 0 Å². The molecular weight excluding hydrogens is 348 g/mol. The zero-order chi connectivity index (χ0) is 19.5. The summed E-state index contributed by atoms with van der Waals surface area (Å²) >= 11 is 0. The number of amides is 1. The second kappa shape index (κ2) is 7.89. The van der Waals surface area contributed by atoms with E-state index >= 15 is 0 Å². The number of aromatic nitrogens is 2. The number of nitrogens with one attached hydrogen (secondary N) is 1. The lowest BCUT2D eigenvalue weighted by molar-refractivity contribution is -0.121. The summed E-state index contributed by atoms with van der Waals surface area (Å²) in [6, 6.07) is 18.3. The largest absolute Gasteiger partial charge is 0.378 e. The predicted octanol–water partition coefficient (Wildman–Crippen LogP) is 3.81. The number of carbonyl (C=O) groups excluding carboxylic acids is 1. The molecule has 0 radical (unpaired) electrons. The van der Waals surface area contributed by atoms with Gasteiger partial charge in [0.15, 0.2) is 0 Å². The Bertz CT molecular complexity index is 944. The van der Waals surface area contributed by atoms with Crippen molar-refractivity contribution in [1.29, 1.82) is 0 Å². The van der Waals surface area contributed by atoms with Crippen molar-refractivity contribution in [2.45, 2.75) is 31.8 Å². The zero-order valence-corrected chi connectivity index (χ0v) is 16.4. The third kappa shape index (κ3) is 3.79. The van der Waals surface area contributed by atoms with E-state index < -0.39 is 0 Å². The Hall–Kier alpha value is -3.08. The molecule has 0 spiro atoms. The molecule has 5 nitrogen and oxygen atoms in total. The van der Waals surface area contributed by atoms with Gasteiger partial charge in [0.1, 0.15) is 0 Å². The van der Waals surface area contributed by atoms with Gasteiger partial charge in [0, 0.05) is 31.9 Å². The van der Waals surface area contributed by atoms with Gasteiger partial charge >= 0.3 is 0 Å². The maximum Gasteiger partial charge on any atom is 0.224 e. The molecule has 1 aliphatic heterocycles. The van der Waals surface area contributed by atoms with E-state index in [1.807, 2.05) is 50.8 Å². The summed E-state index contributed by atoms with van der Waals surface area (Å²) in [5, 5.41) is 3.24. The molecule has 28 heavy (non-hydrogen) atoms. The van der Waals surface area contributed by atoms with Gasteiger partial charge in [-0.3, -0.25) is 4.79 Å². The molecule has 2 heterocycles. The van der Waals surface area contributed by atoms with Gasteiger partial charge in [-0.05, 0) is 30.5 Å². The lowest BCUT2D eigenvalue weighted by Gasteiger charge is -2.26. The van der Waals surface area contributed by atoms with Crippen LogP contribution in [0.5, 0.6) is 0 Å². The maximum atomic E-state index is 12.6. The second-order valence-electron chi connectivity index (χ2n) is 7.54. The van der Waals surface area contributed by atoms with E-state index in [4.69, 9.17) is 0 Å². The number of hydrogen-bond acceptors (Lipinski definition) is 3. The SMILES string of the molecule is CN(C)c1ccc(-c2ncn3c2[C@@H](NC(=O)Cc2ccccc2)CCC3)cc1. The van der Waals surface area contributed by atoms with Crippen LogP contribution >= 0.6 is 0 Å². The van der Waals surface area contributed by atoms with Gasteiger partial charge in [-0.1, -0.05) is 42.5 Å². The highest BCUT2D eigenvalue weighted by molar-refractivity contribution is 5.79. The fourth-order valence-electron chi connectivity index (χ4n) is 3.84. The van der Waals surface area contributed by atoms with Crippen LogP contribution in [-0.2, 0) is 17.8 Å². The van der Waals surface area contributed by atoms with Crippen LogP contribution in [0.4, 0.5) is 5.69 Å². The number of carbonyl (C=O) groups is 1. The molecule has 1 aromatic heterocycles. The van der Waals surface area contributed by atoms with E-state index in [0.29, 0.717) is 6.42 Å². The van der Waals surface area contributed by atoms with Crippen LogP contribution in [0.1, 0.15) is 30.1 Å². The summed E-state index contributed by atoms with van der Waals surface area (Å²) in [6.07, 6.45) is 4.28. The Morgan fingerprint density at radius 2 is 1.89 bits per heavy atom. The molecule has 1 amide bonds. The first-order chi connectivity index (χ1) is 13.6. The highest BCUT2D eigenvalue weighted by atomic mass is 16.1. The Morgan fingerprint density at radius 1 is 1.14 bits per heavy atom. The van der Waals surface area contributed by atoms with E-state index in [0.717, 1.165) is 47.6 Å². The Morgan fingerprint density at radius 3 is 2.61 bits per heavy atom. The predicted molar refractivity (Wildman–Crippen MR) is 112 cm³/mol. The van der Waals surface area contributed by atoms with Crippen molar-refractivity contribution in [3.63, 3.8) is 0 Å². The molecule has 0 unspecified atom stereocenters. The van der Waals surface area contributed by atoms with Crippen molar-refractivity contribution in [3.05, 3.63) is 72.2 Å². The smallest absolute Gasteiger partial charge is 0.224 e. The number of anilines is 1. The topological polar surface area (TPSA) is 50.2 Å². The minimum atomic E-state index is -0.00372. The van der Waals surface area contributed by atoms with Crippen molar-refractivity contribution in [2.24, 2.45) is 0 Å². The van der Waals surface area contributed by atoms with Crippen LogP contribution in [0.25, 0.3) is 11.3 Å². The van der Waals surface area contributed by atoms with Crippen LogP contribution in [-0.4, -0.2) is 29.6 Å². The molecular formula is C23H26N4O. The first kappa shape index (κ1) is 18.3. The summed E-state index contributed by atoms with van der Waals surface area (Å²) in [5.41, 5.74) is 5.36. The second-order valence-corrected chi connectivity index (χ2v) is 7.54. The molecule has 3 aromatic rings. The number of nitrogens with zero attached hydrogens (tertiary/aromatic N) is 3. The van der Waals surface area contributed by atoms with Crippen LogP contribution < -0.4 is 10.2 Å². The minimum Gasteiger partial charge on any atom is -0.378 e. The number of imidazole rings is 1. The molecule has 144 valence electrons. The summed E-state index contributed by atoms with van der Waals surface area (Å²) in [4.78, 5) is 19.4. The number of fused-ring (bicyclic) bond motifs is 1. The van der Waals surface area contributed by atoms with E-state index in [1.165, 1.54) is 0 Å². The molecule has 1 aliphatic rings. The van der Waals surface area contributed by atoms with Crippen molar-refractivity contribution in [3.8, 4) is 11.3 Å². The van der Waals surface area contributed by atoms with Crippen molar-refractivity contribution in [1.82, 2.24) is 14.9 Å². The highest BCUT2D eigenvalue weighted by Gasteiger charge is 2.26. The summed E-state index contributed by atoms with van der Waals surface area (Å²) in [6.45, 7) is 0.948. The number of hydrogen-bond donors (Lipinski definition) is 1. The standard InChI is InChI=1S/C23H26N4O/c1-26(2)19-12-10-18(11-13-19)22-23-20(9-6-14-27(23)16-24-22)25-21(28)15-17-7-4-3-5-8-17/h3-5,7-8,10-13,16,20H,6,9,14-15H2,1-2H3,(H,25,28)/t20-/m0/s1. The van der Waals surface area contributed by atoms with Crippen LogP contribution in [0.2, 0.25) is 0 Å². The van der Waals surface area contributed by atoms with Crippen LogP contribution in [0.15, 0.2) is 60.9 Å². The summed E-state index contributed by atoms with van der Waals surface area (Å²) in [7, 11) is 4.07. The molecule has 1 atom stereocenters. The average Bonchev–Trinajstić information content (AvgIpc) is 3.14. The van der Waals surface area contributed by atoms with Crippen molar-refractivity contribution in [2.75, 3.05) is 19.0 Å². The molecule has 0 aliphatic carbocycles. The van der Waals surface area contributed by atoms with Gasteiger partial charge in [-0.2, -0.15) is 0 Å². The quantitative estimate of drug-likeness (QED) is 0.739. The first-order valence-corrected chi connectivity index (χ1v) is 9.78. The lowest BCUT2D eigenvalue weighted by Crippen LogP contribution is -2.33. The Labute approximate surface area is 166 Å². The van der Waals surface area contributed by atoms with Gasteiger partial charge in [0.05, 0.1) is 30.2 Å². The summed E-state index contributed by atoms with van der Waals surface area (Å²) < 4.78 is 2.19. The fraction of sp³-hybridized carbons (Fsp3) is 0.304. The third-order valence-corrected chi connectivity index (χ3v) is 5.30. The van der Waals surface area contributed by atoms with Gasteiger partial charge in [0.25, 0.3) is 0 Å². The molecule has 0 saturated heterocycles. The Balaban J connectivity index is 1.57. The first-order valence-electron chi connectivity index (χ1n) is 9.78. The van der Waals surface area contributed by atoms with Gasteiger partial charge in [-0.15, -0.1) is 0 Å². The van der Waals surface area contributed by atoms with Gasteiger partial charge in [-0.25, -0.2) is 4.98 Å². The number of aryl methyl sites for hydroxylation is 1. The molecule has 4 rings (SSSR count). The van der Waals surface area contributed by atoms with Crippen LogP contribution in [0.3, 0.4) is 0 Å². The molecule has 0 fully saturated rings. The highest BCUT2D eigenvalue weighted by Crippen LogP contribution is 2.33. The normalized spacial score (nSPS) is 15.7. The van der Waals surface area contributed by atoms with E-state index in [-0.39, 0.29) is 11.9 Å². The minimum absolute atomic E-state index is 0.00372. The van der Waals surface area contributed by atoms with Crippen molar-refractivity contribution >= 4 is 11.6 Å². The maximum absolute atomic E-state index is 12.6. The summed E-state index contributed by atoms with van der Waals surface area (Å²) in [5.74, 6) is 0.0553.